The van der Waals surface area contributed by atoms with Crippen molar-refractivity contribution >= 4 is 22.4 Å². The van der Waals surface area contributed by atoms with Crippen LogP contribution in [0.25, 0.3) is 10.9 Å². The largest absolute Gasteiger partial charge is 1.00 e. The number of benzene rings is 2. The van der Waals surface area contributed by atoms with Crippen LogP contribution in [0, 0.1) is 25.7 Å². The Balaban J connectivity index is 0.00000161. The van der Waals surface area contributed by atoms with Gasteiger partial charge in [-0.2, -0.15) is 17.7 Å². The number of hydrogen-bond donors (Lipinski definition) is 1. The van der Waals surface area contributed by atoms with Gasteiger partial charge in [0, 0.05) is 5.69 Å². The normalized spacial score (nSPS) is 10.2. The van der Waals surface area contributed by atoms with Crippen LogP contribution in [-0.4, -0.2) is 9.97 Å². The second-order valence-electron chi connectivity index (χ2n) is 4.73. The summed E-state index contributed by atoms with van der Waals surface area (Å²) in [6, 6.07) is 11.8. The van der Waals surface area contributed by atoms with Gasteiger partial charge in [-0.1, -0.05) is 12.3 Å². The van der Waals surface area contributed by atoms with Gasteiger partial charge in [0.1, 0.15) is 12.1 Å². The third kappa shape index (κ3) is 3.25. The van der Waals surface area contributed by atoms with Crippen LogP contribution in [0.4, 0.5) is 15.9 Å². The zero-order valence-corrected chi connectivity index (χ0v) is 13.3. The molecule has 107 valence electrons. The minimum absolute atomic E-state index is 0. The molecule has 5 heteroatoms. The third-order valence-electron chi connectivity index (χ3n) is 3.13. The summed E-state index contributed by atoms with van der Waals surface area (Å²) < 4.78 is 13.3. The first-order valence-corrected chi connectivity index (χ1v) is 6.30. The van der Waals surface area contributed by atoms with Crippen molar-refractivity contribution in [3.05, 3.63) is 59.7 Å². The molecule has 1 aromatic heterocycles. The summed E-state index contributed by atoms with van der Waals surface area (Å²) in [6.07, 6.45) is 1.51. The fraction of sp³-hybridized carbons (Fsp3) is 0.125. The van der Waals surface area contributed by atoms with Crippen LogP contribution in [0.1, 0.15) is 11.1 Å². The van der Waals surface area contributed by atoms with Gasteiger partial charge >= 0.3 is 19.5 Å². The maximum absolute atomic E-state index is 13.3. The fourth-order valence-corrected chi connectivity index (χ4v) is 2.06. The van der Waals surface area contributed by atoms with E-state index in [-0.39, 0.29) is 25.3 Å². The van der Waals surface area contributed by atoms with Crippen molar-refractivity contribution < 1.29 is 23.9 Å². The number of hydrogen-bond acceptors (Lipinski definition) is 3. The predicted molar refractivity (Wildman–Crippen MR) is 77.5 cm³/mol. The van der Waals surface area contributed by atoms with Crippen LogP contribution in [0.15, 0.2) is 36.7 Å². The van der Waals surface area contributed by atoms with E-state index in [9.17, 15) is 4.39 Å². The average Bonchev–Trinajstić information content (AvgIpc) is 2.43. The van der Waals surface area contributed by atoms with Gasteiger partial charge in [-0.15, -0.1) is 6.07 Å². The molecule has 1 radical (unpaired) electrons. The Hall–Kier alpha value is -1.87. The second-order valence-corrected chi connectivity index (χ2v) is 4.73. The SMILES string of the molecule is Cc1[c-]cc2c(Nc3ccc(F)c(C)c3)ncnc2c1.[Ru+]. The van der Waals surface area contributed by atoms with Crippen LogP contribution >= 0.6 is 0 Å². The molecule has 2 aromatic carbocycles. The van der Waals surface area contributed by atoms with Gasteiger partial charge in [0.2, 0.25) is 0 Å². The number of rotatable bonds is 2. The van der Waals surface area contributed by atoms with Crippen molar-refractivity contribution in [3.8, 4) is 0 Å². The number of halogens is 1. The average molecular weight is 367 g/mol. The molecule has 1 heterocycles. The van der Waals surface area contributed by atoms with E-state index < -0.39 is 0 Å². The summed E-state index contributed by atoms with van der Waals surface area (Å²) in [5.41, 5.74) is 3.28. The molecular formula is C16H13FN3Ru. The van der Waals surface area contributed by atoms with Gasteiger partial charge in [0.15, 0.2) is 0 Å². The number of nitrogens with zero attached hydrogens (tertiary/aromatic N) is 2. The van der Waals surface area contributed by atoms with E-state index in [4.69, 9.17) is 0 Å². The molecule has 21 heavy (non-hydrogen) atoms. The van der Waals surface area contributed by atoms with Gasteiger partial charge in [0.05, 0.1) is 5.82 Å². The molecule has 3 aromatic rings. The van der Waals surface area contributed by atoms with Crippen molar-refractivity contribution in [2.24, 2.45) is 0 Å². The van der Waals surface area contributed by atoms with E-state index in [0.29, 0.717) is 11.4 Å². The van der Waals surface area contributed by atoms with E-state index in [1.165, 1.54) is 12.4 Å². The standard InChI is InChI=1S/C16H13FN3.Ru/c1-10-3-5-13-15(7-10)18-9-19-16(13)20-12-4-6-14(17)11(2)8-12;/h4-9H,1-2H3,(H,18,19,20);/q-1;+1. The molecule has 1 N–H and O–H groups in total. The second kappa shape index (κ2) is 6.27. The van der Waals surface area contributed by atoms with Gasteiger partial charge in [-0.25, -0.2) is 9.37 Å². The number of aromatic nitrogens is 2. The first kappa shape index (κ1) is 15.5. The van der Waals surface area contributed by atoms with Crippen molar-refractivity contribution in [2.75, 3.05) is 5.32 Å². The van der Waals surface area contributed by atoms with Crippen molar-refractivity contribution in [1.82, 2.24) is 9.97 Å². The van der Waals surface area contributed by atoms with Crippen LogP contribution in [0.2, 0.25) is 0 Å². The molecule has 0 aliphatic rings. The molecule has 0 aliphatic heterocycles. The van der Waals surface area contributed by atoms with Crippen molar-refractivity contribution in [3.63, 3.8) is 0 Å². The van der Waals surface area contributed by atoms with Crippen LogP contribution < -0.4 is 5.32 Å². The zero-order valence-electron chi connectivity index (χ0n) is 11.6. The van der Waals surface area contributed by atoms with E-state index in [1.54, 1.807) is 19.1 Å². The summed E-state index contributed by atoms with van der Waals surface area (Å²) in [5, 5.41) is 4.09. The van der Waals surface area contributed by atoms with Crippen LogP contribution in [0.3, 0.4) is 0 Å². The Morgan fingerprint density at radius 1 is 1.14 bits per heavy atom. The van der Waals surface area contributed by atoms with Gasteiger partial charge in [0.25, 0.3) is 0 Å². The molecule has 0 bridgehead atoms. The number of fused-ring (bicyclic) bond motifs is 1. The molecule has 3 nitrogen and oxygen atoms in total. The van der Waals surface area contributed by atoms with E-state index in [1.807, 2.05) is 19.1 Å². The number of aryl methyl sites for hydroxylation is 2. The number of anilines is 2. The molecular weight excluding hydrogens is 354 g/mol. The summed E-state index contributed by atoms with van der Waals surface area (Å²) in [4.78, 5) is 8.49. The van der Waals surface area contributed by atoms with E-state index in [2.05, 4.69) is 21.4 Å². The zero-order chi connectivity index (χ0) is 14.1. The Bertz CT molecular complexity index is 790. The molecule has 0 unspecified atom stereocenters. The van der Waals surface area contributed by atoms with Crippen LogP contribution in [0.5, 0.6) is 0 Å². The first-order chi connectivity index (χ1) is 9.63. The van der Waals surface area contributed by atoms with Crippen LogP contribution in [-0.2, 0) is 19.5 Å². The molecule has 0 fully saturated rings. The fourth-order valence-electron chi connectivity index (χ4n) is 2.06. The van der Waals surface area contributed by atoms with Gasteiger partial charge in [-0.05, 0) is 36.2 Å². The summed E-state index contributed by atoms with van der Waals surface area (Å²) >= 11 is 0. The molecule has 0 atom stereocenters. The van der Waals surface area contributed by atoms with Gasteiger partial charge < -0.3 is 5.32 Å². The van der Waals surface area contributed by atoms with Gasteiger partial charge in [-0.3, -0.25) is 4.98 Å². The quantitative estimate of drug-likeness (QED) is 0.551. The Kier molecular flexibility index (Phi) is 4.64. The Labute approximate surface area is 135 Å². The monoisotopic (exact) mass is 368 g/mol. The Morgan fingerprint density at radius 2 is 1.95 bits per heavy atom. The molecule has 3 rings (SSSR count). The molecule has 0 aliphatic carbocycles. The van der Waals surface area contributed by atoms with Crippen molar-refractivity contribution in [1.29, 1.82) is 0 Å². The third-order valence-corrected chi connectivity index (χ3v) is 3.13. The topological polar surface area (TPSA) is 37.8 Å². The molecule has 0 saturated carbocycles. The minimum Gasteiger partial charge on any atom is -0.350 e. The van der Waals surface area contributed by atoms with E-state index >= 15 is 0 Å². The Morgan fingerprint density at radius 3 is 2.71 bits per heavy atom. The minimum atomic E-state index is -0.216. The maximum Gasteiger partial charge on any atom is 1.00 e. The first-order valence-electron chi connectivity index (χ1n) is 6.30. The molecule has 0 saturated heterocycles. The number of nitrogens with one attached hydrogen (secondary N) is 1. The summed E-state index contributed by atoms with van der Waals surface area (Å²) in [5.74, 6) is 0.476. The summed E-state index contributed by atoms with van der Waals surface area (Å²) in [6.45, 7) is 3.70. The van der Waals surface area contributed by atoms with Crippen molar-refractivity contribution in [2.45, 2.75) is 13.8 Å². The smallest absolute Gasteiger partial charge is 0.350 e. The molecule has 0 amide bonds. The summed E-state index contributed by atoms with van der Waals surface area (Å²) in [7, 11) is 0. The molecule has 0 spiro atoms. The maximum atomic E-state index is 13.3. The van der Waals surface area contributed by atoms with E-state index in [0.717, 1.165) is 22.2 Å². The predicted octanol–water partition coefficient (Wildman–Crippen LogP) is 3.93.